The number of carboxylic acid groups (broad SMARTS) is 2. The monoisotopic (exact) mass is 296 g/mol. The molecule has 0 aliphatic heterocycles. The maximum Gasteiger partial charge on any atom is 0.355 e. The highest BCUT2D eigenvalue weighted by atomic mass is 16.4. The molecule has 0 radical (unpaired) electrons. The van der Waals surface area contributed by atoms with Crippen molar-refractivity contribution < 1.29 is 19.8 Å². The molecule has 2 aromatic heterocycles. The van der Waals surface area contributed by atoms with E-state index in [1.165, 1.54) is 6.07 Å². The molecule has 0 aliphatic carbocycles. The summed E-state index contributed by atoms with van der Waals surface area (Å²) >= 11 is 0. The first kappa shape index (κ1) is 15.1. The fourth-order valence-corrected chi connectivity index (χ4v) is 1.75. The van der Waals surface area contributed by atoms with Gasteiger partial charge in [0.1, 0.15) is 0 Å². The van der Waals surface area contributed by atoms with Crippen molar-refractivity contribution in [2.45, 2.75) is 0 Å². The number of fused-ring (bicyclic) bond motifs is 1. The number of rotatable bonds is 2. The Balaban J connectivity index is 0.000000246. The first-order chi connectivity index (χ1) is 10.6. The third kappa shape index (κ3) is 3.63. The summed E-state index contributed by atoms with van der Waals surface area (Å²) < 4.78 is 0. The lowest BCUT2D eigenvalue weighted by Gasteiger charge is -2.03. The standard InChI is InChI=1S/C11H7NO4.C5H5N/c13-10(14)7-5-6-3-1-2-4-8(6)12-9(7)11(15)16;1-2-4-6-5-3-1/h1-5H,(H,13,14)(H,15,16);1-5H. The normalized spacial score (nSPS) is 9.64. The van der Waals surface area contributed by atoms with Crippen LogP contribution in [0.5, 0.6) is 0 Å². The molecule has 0 aliphatic rings. The molecule has 0 saturated heterocycles. The molecule has 0 spiro atoms. The molecule has 110 valence electrons. The van der Waals surface area contributed by atoms with Crippen LogP contribution >= 0.6 is 0 Å². The Kier molecular flexibility index (Phi) is 4.77. The molecule has 0 atom stereocenters. The second kappa shape index (κ2) is 6.94. The van der Waals surface area contributed by atoms with Crippen molar-refractivity contribution in [1.82, 2.24) is 9.97 Å². The van der Waals surface area contributed by atoms with Gasteiger partial charge >= 0.3 is 11.9 Å². The van der Waals surface area contributed by atoms with Crippen LogP contribution in [-0.2, 0) is 0 Å². The Hall–Kier alpha value is -3.28. The fraction of sp³-hybridized carbons (Fsp3) is 0. The number of para-hydroxylation sites is 1. The van der Waals surface area contributed by atoms with Gasteiger partial charge in [-0.25, -0.2) is 14.6 Å². The first-order valence-electron chi connectivity index (χ1n) is 6.31. The third-order valence-electron chi connectivity index (χ3n) is 2.72. The number of benzene rings is 1. The Morgan fingerprint density at radius 1 is 0.864 bits per heavy atom. The van der Waals surface area contributed by atoms with Crippen molar-refractivity contribution in [2.75, 3.05) is 0 Å². The highest BCUT2D eigenvalue weighted by molar-refractivity contribution is 6.03. The number of hydrogen-bond donors (Lipinski definition) is 2. The van der Waals surface area contributed by atoms with E-state index in [2.05, 4.69) is 9.97 Å². The quantitative estimate of drug-likeness (QED) is 0.754. The van der Waals surface area contributed by atoms with Gasteiger partial charge in [-0.3, -0.25) is 4.98 Å². The van der Waals surface area contributed by atoms with Gasteiger partial charge in [-0.2, -0.15) is 0 Å². The number of aromatic carboxylic acids is 2. The molecule has 6 nitrogen and oxygen atoms in total. The van der Waals surface area contributed by atoms with Gasteiger partial charge in [0.05, 0.1) is 11.1 Å². The lowest BCUT2D eigenvalue weighted by molar-refractivity contribution is 0.0647. The van der Waals surface area contributed by atoms with Gasteiger partial charge in [0.2, 0.25) is 0 Å². The van der Waals surface area contributed by atoms with E-state index >= 15 is 0 Å². The molecule has 3 rings (SSSR count). The molecule has 0 unspecified atom stereocenters. The first-order valence-corrected chi connectivity index (χ1v) is 6.31. The van der Waals surface area contributed by atoms with Crippen LogP contribution < -0.4 is 0 Å². The number of pyridine rings is 2. The van der Waals surface area contributed by atoms with Gasteiger partial charge in [-0.1, -0.05) is 24.3 Å². The zero-order valence-electron chi connectivity index (χ0n) is 11.4. The number of carbonyl (C=O) groups is 2. The predicted octanol–water partition coefficient (Wildman–Crippen LogP) is 2.71. The summed E-state index contributed by atoms with van der Waals surface area (Å²) in [6.45, 7) is 0. The smallest absolute Gasteiger partial charge is 0.355 e. The highest BCUT2D eigenvalue weighted by Gasteiger charge is 2.18. The van der Waals surface area contributed by atoms with Crippen molar-refractivity contribution in [2.24, 2.45) is 0 Å². The summed E-state index contributed by atoms with van der Waals surface area (Å²) in [7, 11) is 0. The molecule has 6 heteroatoms. The molecule has 22 heavy (non-hydrogen) atoms. The van der Waals surface area contributed by atoms with Gasteiger partial charge < -0.3 is 10.2 Å². The SMILES string of the molecule is O=C(O)c1cc2ccccc2nc1C(=O)O.c1ccncc1. The molecule has 0 bridgehead atoms. The van der Waals surface area contributed by atoms with Crippen LogP contribution in [0.4, 0.5) is 0 Å². The van der Waals surface area contributed by atoms with Gasteiger partial charge in [-0.15, -0.1) is 0 Å². The van der Waals surface area contributed by atoms with Crippen molar-refractivity contribution in [1.29, 1.82) is 0 Å². The Morgan fingerprint density at radius 3 is 2.05 bits per heavy atom. The molecule has 3 aromatic rings. The second-order valence-electron chi connectivity index (χ2n) is 4.21. The average molecular weight is 296 g/mol. The Morgan fingerprint density at radius 2 is 1.55 bits per heavy atom. The predicted molar refractivity (Wildman–Crippen MR) is 79.9 cm³/mol. The zero-order chi connectivity index (χ0) is 15.9. The summed E-state index contributed by atoms with van der Waals surface area (Å²) in [4.78, 5) is 29.3. The molecular formula is C16H12N2O4. The van der Waals surface area contributed by atoms with E-state index in [4.69, 9.17) is 10.2 Å². The zero-order valence-corrected chi connectivity index (χ0v) is 11.4. The number of carboxylic acids is 2. The summed E-state index contributed by atoms with van der Waals surface area (Å²) in [6, 6.07) is 13.8. The summed E-state index contributed by atoms with van der Waals surface area (Å²) in [6.07, 6.45) is 3.50. The van der Waals surface area contributed by atoms with E-state index in [1.54, 1.807) is 36.7 Å². The summed E-state index contributed by atoms with van der Waals surface area (Å²) in [5.74, 6) is -2.64. The molecule has 1 aromatic carbocycles. The minimum Gasteiger partial charge on any atom is -0.478 e. The second-order valence-corrected chi connectivity index (χ2v) is 4.21. The van der Waals surface area contributed by atoms with Crippen LogP contribution in [0.25, 0.3) is 10.9 Å². The van der Waals surface area contributed by atoms with Crippen LogP contribution in [0.1, 0.15) is 20.8 Å². The molecular weight excluding hydrogens is 284 g/mol. The van der Waals surface area contributed by atoms with Crippen LogP contribution in [0.3, 0.4) is 0 Å². The average Bonchev–Trinajstić information content (AvgIpc) is 2.55. The molecule has 0 amide bonds. The summed E-state index contributed by atoms with van der Waals surface area (Å²) in [5.41, 5.74) is -0.276. The van der Waals surface area contributed by atoms with E-state index in [0.717, 1.165) is 0 Å². The van der Waals surface area contributed by atoms with Crippen molar-refractivity contribution in [3.63, 3.8) is 0 Å². The van der Waals surface area contributed by atoms with Gasteiger partial charge in [0, 0.05) is 17.8 Å². The van der Waals surface area contributed by atoms with Crippen molar-refractivity contribution in [3.8, 4) is 0 Å². The summed E-state index contributed by atoms with van der Waals surface area (Å²) in [5, 5.41) is 18.3. The van der Waals surface area contributed by atoms with Crippen molar-refractivity contribution >= 4 is 22.8 Å². The number of nitrogens with zero attached hydrogens (tertiary/aromatic N) is 2. The van der Waals surface area contributed by atoms with Crippen LogP contribution in [-0.4, -0.2) is 32.1 Å². The van der Waals surface area contributed by atoms with Crippen LogP contribution in [0, 0.1) is 0 Å². The fourth-order valence-electron chi connectivity index (χ4n) is 1.75. The van der Waals surface area contributed by atoms with Gasteiger partial charge in [0.15, 0.2) is 5.69 Å². The maximum absolute atomic E-state index is 10.9. The minimum absolute atomic E-state index is 0.300. The highest BCUT2D eigenvalue weighted by Crippen LogP contribution is 2.16. The Bertz CT molecular complexity index is 724. The topological polar surface area (TPSA) is 100 Å². The van der Waals surface area contributed by atoms with E-state index in [0.29, 0.717) is 10.9 Å². The molecule has 2 heterocycles. The van der Waals surface area contributed by atoms with E-state index in [1.807, 2.05) is 18.2 Å². The molecule has 0 fully saturated rings. The number of aromatic nitrogens is 2. The maximum atomic E-state index is 10.9. The Labute approximate surface area is 125 Å². The van der Waals surface area contributed by atoms with Gasteiger partial charge in [-0.05, 0) is 24.3 Å². The largest absolute Gasteiger partial charge is 0.478 e. The van der Waals surface area contributed by atoms with Crippen LogP contribution in [0.2, 0.25) is 0 Å². The lowest BCUT2D eigenvalue weighted by Crippen LogP contribution is -2.10. The van der Waals surface area contributed by atoms with Crippen LogP contribution in [0.15, 0.2) is 60.9 Å². The van der Waals surface area contributed by atoms with E-state index < -0.39 is 17.6 Å². The number of hydrogen-bond acceptors (Lipinski definition) is 4. The third-order valence-corrected chi connectivity index (χ3v) is 2.72. The minimum atomic E-state index is -1.34. The van der Waals surface area contributed by atoms with E-state index in [-0.39, 0.29) is 5.56 Å². The molecule has 2 N–H and O–H groups in total. The van der Waals surface area contributed by atoms with E-state index in [9.17, 15) is 9.59 Å². The van der Waals surface area contributed by atoms with Gasteiger partial charge in [0.25, 0.3) is 0 Å². The molecule has 0 saturated carbocycles. The van der Waals surface area contributed by atoms with Crippen molar-refractivity contribution in [3.05, 3.63) is 72.2 Å². The lowest BCUT2D eigenvalue weighted by atomic mass is 10.1.